The van der Waals surface area contributed by atoms with Crippen molar-refractivity contribution in [2.75, 3.05) is 7.05 Å². The Morgan fingerprint density at radius 1 is 0.933 bits per heavy atom. The Hall–Kier alpha value is -3.12. The number of ketones is 1. The highest BCUT2D eigenvalue weighted by Gasteiger charge is 2.40. The molecule has 0 saturated carbocycles. The summed E-state index contributed by atoms with van der Waals surface area (Å²) in [5, 5.41) is 12.8. The fraction of sp³-hybridized carbons (Fsp3) is 0.208. The summed E-state index contributed by atoms with van der Waals surface area (Å²) in [6.45, 7) is 5.94. The van der Waals surface area contributed by atoms with Gasteiger partial charge in [-0.1, -0.05) is 63.2 Å². The summed E-state index contributed by atoms with van der Waals surface area (Å²) in [5.74, 6) is -0.879. The Morgan fingerprint density at radius 3 is 2.27 bits per heavy atom. The lowest BCUT2D eigenvalue weighted by Crippen LogP contribution is -2.37. The number of sulfonamides is 1. The van der Waals surface area contributed by atoms with Gasteiger partial charge < -0.3 is 5.11 Å². The van der Waals surface area contributed by atoms with E-state index in [9.17, 15) is 18.3 Å². The lowest BCUT2D eigenvalue weighted by Gasteiger charge is -2.30. The molecule has 0 radical (unpaired) electrons. The van der Waals surface area contributed by atoms with Crippen LogP contribution in [0.3, 0.4) is 0 Å². The molecule has 3 aromatic rings. The van der Waals surface area contributed by atoms with Crippen molar-refractivity contribution in [1.82, 2.24) is 4.31 Å². The summed E-state index contributed by atoms with van der Waals surface area (Å²) >= 11 is 0. The SMILES string of the molecule is CN1/C(=C(/O)c2ccc3ccccc3c2)C(=O)c2ccc(C(C)(C)C)cc2S1(=O)=O. The van der Waals surface area contributed by atoms with E-state index in [0.29, 0.717) is 5.56 Å². The van der Waals surface area contributed by atoms with Gasteiger partial charge in [-0.05, 0) is 39.9 Å². The summed E-state index contributed by atoms with van der Waals surface area (Å²) in [6, 6.07) is 17.7. The van der Waals surface area contributed by atoms with Gasteiger partial charge in [0.2, 0.25) is 5.78 Å². The number of carbonyl (C=O) groups is 1. The van der Waals surface area contributed by atoms with Crippen LogP contribution in [-0.2, 0) is 15.4 Å². The molecule has 0 fully saturated rings. The number of hydrogen-bond donors (Lipinski definition) is 1. The first-order chi connectivity index (χ1) is 14.0. The summed E-state index contributed by atoms with van der Waals surface area (Å²) in [7, 11) is -2.69. The standard InChI is InChI=1S/C24H23NO4S/c1-24(2,3)18-11-12-19-20(14-18)30(28,29)25(4)21(23(19)27)22(26)17-10-9-15-7-5-6-8-16(15)13-17/h5-14,26H,1-4H3/b22-21+. The van der Waals surface area contributed by atoms with Crippen LogP contribution in [0.1, 0.15) is 42.3 Å². The van der Waals surface area contributed by atoms with Crippen molar-refractivity contribution in [3.8, 4) is 0 Å². The number of allylic oxidation sites excluding steroid dienone is 1. The molecule has 154 valence electrons. The first-order valence-electron chi connectivity index (χ1n) is 9.62. The van der Waals surface area contributed by atoms with Gasteiger partial charge in [0.05, 0.1) is 4.90 Å². The van der Waals surface area contributed by atoms with E-state index in [1.165, 1.54) is 13.1 Å². The smallest absolute Gasteiger partial charge is 0.265 e. The summed E-state index contributed by atoms with van der Waals surface area (Å²) in [4.78, 5) is 13.2. The summed E-state index contributed by atoms with van der Waals surface area (Å²) in [5.41, 5.74) is 0.756. The lowest BCUT2D eigenvalue weighted by molar-refractivity contribution is 0.100. The van der Waals surface area contributed by atoms with Crippen molar-refractivity contribution in [3.05, 3.63) is 83.1 Å². The maximum absolute atomic E-state index is 13.2. The van der Waals surface area contributed by atoms with Crippen LogP contribution in [0, 0.1) is 0 Å². The number of fused-ring (bicyclic) bond motifs is 2. The molecule has 30 heavy (non-hydrogen) atoms. The minimum atomic E-state index is -3.99. The second-order valence-electron chi connectivity index (χ2n) is 8.52. The Kier molecular flexibility index (Phi) is 4.51. The Morgan fingerprint density at radius 2 is 1.60 bits per heavy atom. The van der Waals surface area contributed by atoms with Crippen LogP contribution in [0.15, 0.2) is 71.3 Å². The Bertz CT molecular complexity index is 1330. The van der Waals surface area contributed by atoms with Gasteiger partial charge in [-0.25, -0.2) is 8.42 Å². The molecule has 0 amide bonds. The minimum Gasteiger partial charge on any atom is -0.505 e. The molecule has 0 aliphatic carbocycles. The molecular weight excluding hydrogens is 398 g/mol. The topological polar surface area (TPSA) is 74.7 Å². The van der Waals surface area contributed by atoms with Gasteiger partial charge in [-0.15, -0.1) is 0 Å². The van der Waals surface area contributed by atoms with Crippen LogP contribution in [0.5, 0.6) is 0 Å². The number of aliphatic hydroxyl groups excluding tert-OH is 1. The Labute approximate surface area is 176 Å². The first kappa shape index (κ1) is 20.2. The van der Waals surface area contributed by atoms with E-state index in [1.54, 1.807) is 24.3 Å². The average molecular weight is 422 g/mol. The fourth-order valence-electron chi connectivity index (χ4n) is 3.66. The van der Waals surface area contributed by atoms with Gasteiger partial charge in [0.15, 0.2) is 5.76 Å². The van der Waals surface area contributed by atoms with Crippen molar-refractivity contribution in [1.29, 1.82) is 0 Å². The van der Waals surface area contributed by atoms with E-state index >= 15 is 0 Å². The zero-order chi connectivity index (χ0) is 21.8. The normalized spacial score (nSPS) is 17.7. The fourth-order valence-corrected chi connectivity index (χ4v) is 5.08. The molecule has 1 heterocycles. The molecule has 1 aliphatic rings. The van der Waals surface area contributed by atoms with Crippen molar-refractivity contribution >= 4 is 32.3 Å². The molecule has 0 atom stereocenters. The van der Waals surface area contributed by atoms with Crippen molar-refractivity contribution < 1.29 is 18.3 Å². The monoisotopic (exact) mass is 421 g/mol. The average Bonchev–Trinajstić information content (AvgIpc) is 2.71. The van der Waals surface area contributed by atoms with Gasteiger partial charge in [-0.3, -0.25) is 9.10 Å². The number of likely N-dealkylation sites (N-methyl/N-ethyl adjacent to an activating group) is 1. The zero-order valence-electron chi connectivity index (χ0n) is 17.3. The second kappa shape index (κ2) is 6.71. The highest BCUT2D eigenvalue weighted by atomic mass is 32.2. The van der Waals surface area contributed by atoms with Crippen LogP contribution in [0.4, 0.5) is 0 Å². The molecule has 3 aromatic carbocycles. The molecule has 5 nitrogen and oxygen atoms in total. The third kappa shape index (κ3) is 3.08. The molecule has 6 heteroatoms. The van der Waals surface area contributed by atoms with Crippen molar-refractivity contribution in [2.45, 2.75) is 31.1 Å². The van der Waals surface area contributed by atoms with Gasteiger partial charge in [0, 0.05) is 18.2 Å². The molecule has 1 aliphatic heterocycles. The van der Waals surface area contributed by atoms with E-state index in [4.69, 9.17) is 0 Å². The highest BCUT2D eigenvalue weighted by molar-refractivity contribution is 7.89. The Balaban J connectivity index is 1.92. The number of benzene rings is 3. The van der Waals surface area contributed by atoms with Crippen molar-refractivity contribution in [2.24, 2.45) is 0 Å². The number of Topliss-reactive ketones (excluding diaryl/α,β-unsaturated/α-hetero) is 1. The van der Waals surface area contributed by atoms with E-state index in [1.807, 2.05) is 51.1 Å². The van der Waals surface area contributed by atoms with Crippen LogP contribution in [0.25, 0.3) is 16.5 Å². The van der Waals surface area contributed by atoms with Crippen LogP contribution >= 0.6 is 0 Å². The summed E-state index contributed by atoms with van der Waals surface area (Å²) < 4.78 is 27.3. The molecule has 0 unspecified atom stereocenters. The molecule has 0 spiro atoms. The molecular formula is C24H23NO4S. The van der Waals surface area contributed by atoms with Gasteiger partial charge in [0.1, 0.15) is 5.70 Å². The number of nitrogens with zero attached hydrogens (tertiary/aromatic N) is 1. The van der Waals surface area contributed by atoms with E-state index in [0.717, 1.165) is 20.6 Å². The predicted molar refractivity (Wildman–Crippen MR) is 118 cm³/mol. The predicted octanol–water partition coefficient (Wildman–Crippen LogP) is 4.88. The first-order valence-corrected chi connectivity index (χ1v) is 11.1. The molecule has 0 saturated heterocycles. The third-order valence-electron chi connectivity index (χ3n) is 5.51. The van der Waals surface area contributed by atoms with Gasteiger partial charge in [-0.2, -0.15) is 0 Å². The molecule has 0 bridgehead atoms. The number of aliphatic hydroxyl groups is 1. The zero-order valence-corrected chi connectivity index (χ0v) is 18.1. The van der Waals surface area contributed by atoms with E-state index in [-0.39, 0.29) is 27.3 Å². The largest absolute Gasteiger partial charge is 0.505 e. The quantitative estimate of drug-likeness (QED) is 0.449. The second-order valence-corrected chi connectivity index (χ2v) is 10.5. The van der Waals surface area contributed by atoms with Crippen LogP contribution in [0.2, 0.25) is 0 Å². The van der Waals surface area contributed by atoms with Crippen LogP contribution < -0.4 is 0 Å². The molecule has 0 aromatic heterocycles. The maximum Gasteiger partial charge on any atom is 0.265 e. The van der Waals surface area contributed by atoms with Gasteiger partial charge in [0.25, 0.3) is 10.0 Å². The van der Waals surface area contributed by atoms with Crippen LogP contribution in [-0.4, -0.2) is 30.7 Å². The number of rotatable bonds is 1. The maximum atomic E-state index is 13.2. The lowest BCUT2D eigenvalue weighted by atomic mass is 9.86. The molecule has 4 rings (SSSR count). The number of hydrogen-bond acceptors (Lipinski definition) is 4. The highest BCUT2D eigenvalue weighted by Crippen LogP contribution is 2.37. The van der Waals surface area contributed by atoms with Gasteiger partial charge >= 0.3 is 0 Å². The summed E-state index contributed by atoms with van der Waals surface area (Å²) in [6.07, 6.45) is 0. The van der Waals surface area contributed by atoms with E-state index < -0.39 is 15.8 Å². The third-order valence-corrected chi connectivity index (χ3v) is 7.31. The van der Waals surface area contributed by atoms with Crippen molar-refractivity contribution in [3.63, 3.8) is 0 Å². The molecule has 1 N–H and O–H groups in total. The van der Waals surface area contributed by atoms with E-state index in [2.05, 4.69) is 0 Å². The number of carbonyl (C=O) groups excluding carboxylic acids is 1. The minimum absolute atomic E-state index is 0.0301.